The summed E-state index contributed by atoms with van der Waals surface area (Å²) in [6, 6.07) is 0.0441. The van der Waals surface area contributed by atoms with Crippen molar-refractivity contribution >= 4 is 16.1 Å². The molecule has 0 saturated carbocycles. The Balaban J connectivity index is 4.14. The van der Waals surface area contributed by atoms with Gasteiger partial charge in [-0.05, 0) is 20.8 Å². The van der Waals surface area contributed by atoms with Gasteiger partial charge in [-0.1, -0.05) is 6.58 Å². The van der Waals surface area contributed by atoms with Crippen LogP contribution in [0.2, 0.25) is 0 Å². The van der Waals surface area contributed by atoms with Crippen LogP contribution in [-0.2, 0) is 19.6 Å². The average molecular weight is 293 g/mol. The molecule has 0 saturated heterocycles. The Bertz CT molecular complexity index is 404. The summed E-state index contributed by atoms with van der Waals surface area (Å²) < 4.78 is 36.6. The maximum absolute atomic E-state index is 11.3. The molecule has 1 N–H and O–H groups in total. The number of nitrogens with one attached hydrogen (secondary N) is 1. The number of quaternary nitrogens is 1. The van der Waals surface area contributed by atoms with Crippen LogP contribution in [0.4, 0.5) is 0 Å². The van der Waals surface area contributed by atoms with E-state index < -0.39 is 16.1 Å². The number of ether oxygens (including phenoxy) is 1. The quantitative estimate of drug-likeness (QED) is 0.346. The first-order valence-electron chi connectivity index (χ1n) is 6.28. The highest BCUT2D eigenvalue weighted by atomic mass is 32.2. The van der Waals surface area contributed by atoms with E-state index in [1.807, 2.05) is 13.8 Å². The molecule has 0 rings (SSSR count). The number of carbonyl (C=O) groups is 1. The predicted molar refractivity (Wildman–Crippen MR) is 70.8 cm³/mol. The van der Waals surface area contributed by atoms with E-state index in [9.17, 15) is 17.8 Å². The van der Waals surface area contributed by atoms with Crippen LogP contribution < -0.4 is 4.90 Å². The van der Waals surface area contributed by atoms with Crippen LogP contribution in [0.1, 0.15) is 27.2 Å². The lowest BCUT2D eigenvalue weighted by atomic mass is 10.2. The Labute approximate surface area is 115 Å². The Morgan fingerprint density at radius 2 is 2.05 bits per heavy atom. The van der Waals surface area contributed by atoms with Gasteiger partial charge in [0.05, 0.1) is 23.2 Å². The third-order valence-electron chi connectivity index (χ3n) is 2.86. The van der Waals surface area contributed by atoms with Crippen molar-refractivity contribution in [2.45, 2.75) is 33.2 Å². The molecule has 0 aromatic rings. The van der Waals surface area contributed by atoms with E-state index >= 15 is 0 Å². The molecule has 112 valence electrons. The Kier molecular flexibility index (Phi) is 7.89. The van der Waals surface area contributed by atoms with Crippen molar-refractivity contribution in [2.24, 2.45) is 0 Å². The summed E-state index contributed by atoms with van der Waals surface area (Å²) in [6.07, 6.45) is 0.313. The fraction of sp³-hybridized carbons (Fsp3) is 0.750. The number of esters is 1. The lowest BCUT2D eigenvalue weighted by Crippen LogP contribution is -3.15. The topological polar surface area (TPSA) is 87.9 Å². The molecule has 6 nitrogen and oxygen atoms in total. The molecule has 0 aromatic heterocycles. The fourth-order valence-corrected chi connectivity index (χ4v) is 2.19. The van der Waals surface area contributed by atoms with E-state index in [2.05, 4.69) is 6.58 Å². The molecule has 0 fully saturated rings. The summed E-state index contributed by atoms with van der Waals surface area (Å²) in [7, 11) is -4.15. The van der Waals surface area contributed by atoms with E-state index in [1.165, 1.54) is 0 Å². The molecule has 0 spiro atoms. The predicted octanol–water partition coefficient (Wildman–Crippen LogP) is -0.666. The third kappa shape index (κ3) is 8.74. The van der Waals surface area contributed by atoms with E-state index in [4.69, 9.17) is 4.74 Å². The minimum Gasteiger partial charge on any atom is -0.748 e. The minimum atomic E-state index is -4.15. The van der Waals surface area contributed by atoms with Gasteiger partial charge in [-0.15, -0.1) is 0 Å². The van der Waals surface area contributed by atoms with E-state index in [0.717, 1.165) is 11.4 Å². The normalized spacial score (nSPS) is 14.7. The summed E-state index contributed by atoms with van der Waals surface area (Å²) in [4.78, 5) is 12.3. The standard InChI is InChI=1S/C12H23NO5S/c1-5-13(7-6-8-19(15,16)17)11(4)9-18-12(14)10(2)3/h11H,2,5-9H2,1,3-4H3,(H,15,16,17). The Morgan fingerprint density at radius 3 is 2.47 bits per heavy atom. The van der Waals surface area contributed by atoms with Crippen molar-refractivity contribution in [2.75, 3.05) is 25.4 Å². The van der Waals surface area contributed by atoms with Crippen molar-refractivity contribution in [1.29, 1.82) is 0 Å². The zero-order valence-corrected chi connectivity index (χ0v) is 12.6. The zero-order chi connectivity index (χ0) is 15.1. The van der Waals surface area contributed by atoms with Gasteiger partial charge in [-0.2, -0.15) is 0 Å². The van der Waals surface area contributed by atoms with Crippen LogP contribution in [0.25, 0.3) is 0 Å². The van der Waals surface area contributed by atoms with Gasteiger partial charge in [0.25, 0.3) is 0 Å². The highest BCUT2D eigenvalue weighted by Gasteiger charge is 2.18. The summed E-state index contributed by atoms with van der Waals surface area (Å²) in [5.41, 5.74) is 0.350. The second-order valence-corrected chi connectivity index (χ2v) is 6.18. The van der Waals surface area contributed by atoms with Crippen LogP contribution in [-0.4, -0.2) is 50.4 Å². The molecule has 0 bridgehead atoms. The van der Waals surface area contributed by atoms with Crippen molar-refractivity contribution in [3.05, 3.63) is 12.2 Å². The van der Waals surface area contributed by atoms with Gasteiger partial charge < -0.3 is 14.2 Å². The molecule has 0 radical (unpaired) electrons. The largest absolute Gasteiger partial charge is 0.748 e. The number of hydrogen-bond acceptors (Lipinski definition) is 5. The Morgan fingerprint density at radius 1 is 1.47 bits per heavy atom. The molecule has 0 aliphatic heterocycles. The van der Waals surface area contributed by atoms with Crippen molar-refractivity contribution < 1.29 is 27.4 Å². The summed E-state index contributed by atoms with van der Waals surface area (Å²) in [5.74, 6) is -0.779. The molecule has 0 heterocycles. The lowest BCUT2D eigenvalue weighted by Gasteiger charge is -2.24. The van der Waals surface area contributed by atoms with Gasteiger partial charge >= 0.3 is 5.97 Å². The maximum Gasteiger partial charge on any atom is 0.333 e. The second-order valence-electron chi connectivity index (χ2n) is 4.66. The summed E-state index contributed by atoms with van der Waals surface area (Å²) in [6.45, 7) is 10.5. The number of likely N-dealkylation sites (N-methyl/N-ethyl adjacent to an activating group) is 1. The summed E-state index contributed by atoms with van der Waals surface area (Å²) in [5, 5.41) is 0. The first kappa shape index (κ1) is 18.1. The fourth-order valence-electron chi connectivity index (χ4n) is 1.69. The molecular weight excluding hydrogens is 270 g/mol. The second kappa shape index (κ2) is 8.29. The zero-order valence-electron chi connectivity index (χ0n) is 11.8. The van der Waals surface area contributed by atoms with Crippen LogP contribution in [0, 0.1) is 0 Å². The first-order chi connectivity index (χ1) is 8.67. The Hall–Kier alpha value is -0.920. The van der Waals surface area contributed by atoms with Gasteiger partial charge in [0.15, 0.2) is 0 Å². The highest BCUT2D eigenvalue weighted by molar-refractivity contribution is 7.85. The van der Waals surface area contributed by atoms with E-state index in [-0.39, 0.29) is 18.4 Å². The molecule has 0 aliphatic rings. The van der Waals surface area contributed by atoms with Crippen molar-refractivity contribution in [1.82, 2.24) is 0 Å². The van der Waals surface area contributed by atoms with Crippen LogP contribution in [0.15, 0.2) is 12.2 Å². The minimum absolute atomic E-state index is 0.0441. The van der Waals surface area contributed by atoms with E-state index in [1.54, 1.807) is 6.92 Å². The third-order valence-corrected chi connectivity index (χ3v) is 3.64. The van der Waals surface area contributed by atoms with Crippen LogP contribution in [0.5, 0.6) is 0 Å². The monoisotopic (exact) mass is 293 g/mol. The van der Waals surface area contributed by atoms with Gasteiger partial charge in [-0.25, -0.2) is 13.2 Å². The molecule has 2 unspecified atom stereocenters. The van der Waals surface area contributed by atoms with Crippen molar-refractivity contribution in [3.8, 4) is 0 Å². The first-order valence-corrected chi connectivity index (χ1v) is 7.85. The highest BCUT2D eigenvalue weighted by Crippen LogP contribution is 1.93. The van der Waals surface area contributed by atoms with Gasteiger partial charge in [0.1, 0.15) is 12.6 Å². The van der Waals surface area contributed by atoms with Crippen LogP contribution in [0.3, 0.4) is 0 Å². The number of rotatable bonds is 9. The van der Waals surface area contributed by atoms with E-state index in [0.29, 0.717) is 18.5 Å². The molecule has 0 amide bonds. The smallest absolute Gasteiger partial charge is 0.333 e. The molecule has 7 heteroatoms. The molecule has 0 aromatic carbocycles. The molecule has 19 heavy (non-hydrogen) atoms. The molecule has 2 atom stereocenters. The maximum atomic E-state index is 11.3. The molecular formula is C12H23NO5S. The van der Waals surface area contributed by atoms with Crippen molar-refractivity contribution in [3.63, 3.8) is 0 Å². The van der Waals surface area contributed by atoms with Gasteiger partial charge in [0, 0.05) is 17.7 Å². The number of hydrogen-bond donors (Lipinski definition) is 1. The van der Waals surface area contributed by atoms with Gasteiger partial charge in [0.2, 0.25) is 0 Å². The lowest BCUT2D eigenvalue weighted by molar-refractivity contribution is -0.922. The molecule has 0 aliphatic carbocycles. The summed E-state index contributed by atoms with van der Waals surface area (Å²) >= 11 is 0. The van der Waals surface area contributed by atoms with Crippen LogP contribution >= 0.6 is 0 Å². The SMILES string of the molecule is C=C(C)C(=O)OCC(C)[NH+](CC)CCCS(=O)(=O)[O-]. The van der Waals surface area contributed by atoms with Gasteiger partial charge in [-0.3, -0.25) is 0 Å². The average Bonchev–Trinajstić information content (AvgIpc) is 2.29. The number of carbonyl (C=O) groups excluding carboxylic acids is 1.